The molecule has 0 amide bonds. The molecule has 4 aromatic carbocycles. The predicted molar refractivity (Wildman–Crippen MR) is 195 cm³/mol. The lowest BCUT2D eigenvalue weighted by Gasteiger charge is -1.92. The third kappa shape index (κ3) is 34.4. The molecular formula is C38H66O5. The van der Waals surface area contributed by atoms with Crippen molar-refractivity contribution in [2.45, 2.75) is 96.9 Å². The van der Waals surface area contributed by atoms with Crippen LogP contribution in [0.5, 0.6) is 0 Å². The minimum Gasteiger partial charge on any atom is -0.481 e. The average molecular weight is 603 g/mol. The Morgan fingerprint density at radius 2 is 0.674 bits per heavy atom. The second-order valence-electron chi connectivity index (χ2n) is 6.37. The van der Waals surface area contributed by atoms with E-state index < -0.39 is 5.97 Å². The summed E-state index contributed by atoms with van der Waals surface area (Å²) in [5.41, 5.74) is 0. The van der Waals surface area contributed by atoms with Crippen LogP contribution < -0.4 is 0 Å². The van der Waals surface area contributed by atoms with Gasteiger partial charge in [-0.3, -0.25) is 9.59 Å². The number of rotatable bonds is 2. The number of aliphatic hydroxyl groups is 1. The first-order valence-electron chi connectivity index (χ1n) is 14.6. The fourth-order valence-corrected chi connectivity index (χ4v) is 2.41. The fourth-order valence-electron chi connectivity index (χ4n) is 2.41. The van der Waals surface area contributed by atoms with Gasteiger partial charge in [0, 0.05) is 20.0 Å². The van der Waals surface area contributed by atoms with Crippen molar-refractivity contribution in [3.05, 3.63) is 97.1 Å². The van der Waals surface area contributed by atoms with Crippen LogP contribution in [0, 0.1) is 0 Å². The lowest BCUT2D eigenvalue weighted by molar-refractivity contribution is -0.140. The molecule has 0 saturated carbocycles. The minimum atomic E-state index is -0.745. The van der Waals surface area contributed by atoms with Gasteiger partial charge in [0.05, 0.1) is 7.11 Å². The summed E-state index contributed by atoms with van der Waals surface area (Å²) in [5, 5.41) is 20.0. The number of esters is 1. The van der Waals surface area contributed by atoms with Crippen molar-refractivity contribution < 1.29 is 24.5 Å². The Balaban J connectivity index is -0.0000000741. The van der Waals surface area contributed by atoms with Crippen LogP contribution in [-0.2, 0) is 14.3 Å². The minimum absolute atomic E-state index is 0. The number of carboxylic acid groups (broad SMARTS) is 1. The molecule has 0 atom stereocenters. The van der Waals surface area contributed by atoms with E-state index in [1.165, 1.54) is 28.7 Å². The standard InChI is InChI=1S/2C10H8.C4H8O2.C3H6O2.4C2H6.CH4O.2CH4/c2*1-2-6-10-8-4-3-7-9(10)5-1;1-3-4(5)6-2;1-2-3(4)5;5*1-2;;/h2*1-8H;3H2,1-2H3;2H2,1H3,(H,4,5);4*1-2H3;2H,1H3;2*1H4. The molecule has 4 rings (SSSR count). The van der Waals surface area contributed by atoms with Crippen molar-refractivity contribution in [3.8, 4) is 0 Å². The third-order valence-corrected chi connectivity index (χ3v) is 4.14. The molecule has 0 saturated heterocycles. The van der Waals surface area contributed by atoms with E-state index in [1.807, 2.05) is 55.4 Å². The number of ether oxygens (including phenoxy) is 1. The van der Waals surface area contributed by atoms with E-state index in [0.717, 1.165) is 7.11 Å². The summed E-state index contributed by atoms with van der Waals surface area (Å²) in [5.74, 6) is -0.903. The molecule has 0 fully saturated rings. The molecule has 0 aromatic heterocycles. The molecule has 0 aliphatic heterocycles. The Morgan fingerprint density at radius 1 is 0.512 bits per heavy atom. The molecule has 5 heteroatoms. The van der Waals surface area contributed by atoms with Gasteiger partial charge in [0.15, 0.2) is 0 Å². The average Bonchev–Trinajstić information content (AvgIpc) is 3.09. The molecule has 4 aromatic rings. The van der Waals surface area contributed by atoms with Crippen LogP contribution in [0.2, 0.25) is 0 Å². The van der Waals surface area contributed by atoms with Gasteiger partial charge in [-0.05, 0) is 21.5 Å². The molecule has 0 aliphatic rings. The lowest BCUT2D eigenvalue weighted by atomic mass is 10.1. The summed E-state index contributed by atoms with van der Waals surface area (Å²) in [6, 6.07) is 33.4. The molecule has 5 nitrogen and oxygen atoms in total. The van der Waals surface area contributed by atoms with Gasteiger partial charge in [0.2, 0.25) is 0 Å². The summed E-state index contributed by atoms with van der Waals surface area (Å²) in [6.45, 7) is 19.4. The summed E-state index contributed by atoms with van der Waals surface area (Å²) < 4.78 is 4.26. The number of carbonyl (C=O) groups is 2. The molecule has 2 N–H and O–H groups in total. The fraction of sp³-hybridized carbons (Fsp3) is 0.421. The van der Waals surface area contributed by atoms with Gasteiger partial charge in [0.25, 0.3) is 0 Å². The van der Waals surface area contributed by atoms with E-state index in [-0.39, 0.29) is 27.2 Å². The molecule has 0 unspecified atom stereocenters. The summed E-state index contributed by atoms with van der Waals surface area (Å²) in [6.07, 6.45) is 0.691. The Bertz CT molecular complexity index is 854. The van der Waals surface area contributed by atoms with E-state index in [4.69, 9.17) is 10.2 Å². The first-order valence-corrected chi connectivity index (χ1v) is 14.6. The molecule has 0 bridgehead atoms. The maximum atomic E-state index is 9.96. The second-order valence-corrected chi connectivity index (χ2v) is 6.37. The number of methoxy groups -OCH3 is 1. The highest BCUT2D eigenvalue weighted by Gasteiger charge is 1.88. The van der Waals surface area contributed by atoms with Gasteiger partial charge >= 0.3 is 11.9 Å². The summed E-state index contributed by atoms with van der Waals surface area (Å²) in [4.78, 5) is 19.3. The molecule has 0 spiro atoms. The quantitative estimate of drug-likeness (QED) is 0.223. The van der Waals surface area contributed by atoms with Crippen LogP contribution >= 0.6 is 0 Å². The van der Waals surface area contributed by atoms with Gasteiger partial charge in [-0.1, -0.05) is 181 Å². The van der Waals surface area contributed by atoms with Crippen LogP contribution in [-0.4, -0.2) is 36.4 Å². The SMILES string of the molecule is C.C.CC.CC.CC.CC.CCC(=O)O.CCC(=O)OC.CO.c1ccc2ccccc2c1.c1ccc2ccccc2c1. The van der Waals surface area contributed by atoms with E-state index in [2.05, 4.69) is 102 Å². The molecule has 43 heavy (non-hydrogen) atoms. The maximum Gasteiger partial charge on any atom is 0.305 e. The van der Waals surface area contributed by atoms with Gasteiger partial charge in [-0.15, -0.1) is 0 Å². The largest absolute Gasteiger partial charge is 0.481 e. The second kappa shape index (κ2) is 48.1. The number of carboxylic acids is 1. The predicted octanol–water partition coefficient (Wildman–Crippen LogP) is 11.7. The van der Waals surface area contributed by atoms with Crippen molar-refractivity contribution >= 4 is 33.5 Å². The molecule has 0 aliphatic carbocycles. The van der Waals surface area contributed by atoms with Crippen LogP contribution in [0.1, 0.15) is 96.9 Å². The van der Waals surface area contributed by atoms with Crippen molar-refractivity contribution in [2.75, 3.05) is 14.2 Å². The Morgan fingerprint density at radius 3 is 0.744 bits per heavy atom. The smallest absolute Gasteiger partial charge is 0.305 e. The Kier molecular flexibility index (Phi) is 61.8. The lowest BCUT2D eigenvalue weighted by Crippen LogP contribution is -1.94. The van der Waals surface area contributed by atoms with E-state index in [9.17, 15) is 9.59 Å². The number of aliphatic hydroxyl groups excluding tert-OH is 1. The van der Waals surface area contributed by atoms with Crippen molar-refractivity contribution in [1.29, 1.82) is 0 Å². The number of aliphatic carboxylic acids is 1. The molecular weight excluding hydrogens is 536 g/mol. The topological polar surface area (TPSA) is 83.8 Å². The highest BCUT2D eigenvalue weighted by Crippen LogP contribution is 2.12. The summed E-state index contributed by atoms with van der Waals surface area (Å²) >= 11 is 0. The van der Waals surface area contributed by atoms with E-state index >= 15 is 0 Å². The van der Waals surface area contributed by atoms with Crippen LogP contribution in [0.3, 0.4) is 0 Å². The Labute approximate surface area is 266 Å². The highest BCUT2D eigenvalue weighted by atomic mass is 16.5. The normalized spacial score (nSPS) is 7.28. The number of fused-ring (bicyclic) bond motifs is 2. The first-order chi connectivity index (χ1) is 20.0. The van der Waals surface area contributed by atoms with Crippen molar-refractivity contribution in [2.24, 2.45) is 0 Å². The zero-order valence-corrected chi connectivity index (χ0v) is 27.8. The van der Waals surface area contributed by atoms with E-state index in [1.54, 1.807) is 13.8 Å². The maximum absolute atomic E-state index is 9.96. The number of carbonyl (C=O) groups excluding carboxylic acids is 1. The molecule has 0 radical (unpaired) electrons. The van der Waals surface area contributed by atoms with Crippen molar-refractivity contribution in [1.82, 2.24) is 0 Å². The van der Waals surface area contributed by atoms with Crippen LogP contribution in [0.15, 0.2) is 97.1 Å². The first kappa shape index (κ1) is 55.3. The number of benzene rings is 4. The van der Waals surface area contributed by atoms with Gasteiger partial charge in [0.1, 0.15) is 0 Å². The number of hydrogen-bond donors (Lipinski definition) is 2. The monoisotopic (exact) mass is 602 g/mol. The molecule has 0 heterocycles. The zero-order valence-electron chi connectivity index (χ0n) is 27.8. The van der Waals surface area contributed by atoms with Crippen molar-refractivity contribution in [3.63, 3.8) is 0 Å². The molecule has 248 valence electrons. The third-order valence-electron chi connectivity index (χ3n) is 4.14. The highest BCUT2D eigenvalue weighted by molar-refractivity contribution is 5.82. The van der Waals surface area contributed by atoms with Crippen LogP contribution in [0.25, 0.3) is 21.5 Å². The van der Waals surface area contributed by atoms with Crippen LogP contribution in [0.4, 0.5) is 0 Å². The van der Waals surface area contributed by atoms with Gasteiger partial charge < -0.3 is 14.9 Å². The van der Waals surface area contributed by atoms with Gasteiger partial charge in [-0.2, -0.15) is 0 Å². The van der Waals surface area contributed by atoms with Gasteiger partial charge in [-0.25, -0.2) is 0 Å². The summed E-state index contributed by atoms with van der Waals surface area (Å²) in [7, 11) is 2.38. The Hall–Kier alpha value is -3.70. The van der Waals surface area contributed by atoms with E-state index in [0.29, 0.717) is 6.42 Å². The zero-order chi connectivity index (χ0) is 32.9. The number of hydrogen-bond acceptors (Lipinski definition) is 4.